The van der Waals surface area contributed by atoms with Crippen molar-refractivity contribution in [3.8, 4) is 5.75 Å². The largest absolute Gasteiger partial charge is 0.486 e. The number of benzene rings is 1. The van der Waals surface area contributed by atoms with Crippen molar-refractivity contribution in [1.82, 2.24) is 0 Å². The van der Waals surface area contributed by atoms with Gasteiger partial charge in [-0.25, -0.2) is 0 Å². The highest BCUT2D eigenvalue weighted by Gasteiger charge is 2.46. The molecule has 3 rings (SSSR count). The summed E-state index contributed by atoms with van der Waals surface area (Å²) in [4.78, 5) is 0. The molecule has 2 aliphatic rings. The Morgan fingerprint density at radius 2 is 2.31 bits per heavy atom. The molecule has 1 nitrogen and oxygen atoms in total. The van der Waals surface area contributed by atoms with E-state index in [4.69, 9.17) is 16.3 Å². The maximum atomic E-state index is 6.15. The minimum absolute atomic E-state index is 0.0437. The van der Waals surface area contributed by atoms with Crippen molar-refractivity contribution in [2.75, 3.05) is 0 Å². The van der Waals surface area contributed by atoms with Gasteiger partial charge in [-0.3, -0.25) is 0 Å². The zero-order chi connectivity index (χ0) is 11.3. The molecule has 1 saturated carbocycles. The molecule has 0 aromatic heterocycles. The Balaban J connectivity index is 2.13. The van der Waals surface area contributed by atoms with E-state index in [0.29, 0.717) is 5.92 Å². The molecular formula is C14H15ClO. The molecule has 0 bridgehead atoms. The van der Waals surface area contributed by atoms with Crippen molar-refractivity contribution in [3.05, 3.63) is 35.4 Å². The van der Waals surface area contributed by atoms with E-state index >= 15 is 0 Å². The van der Waals surface area contributed by atoms with Crippen LogP contribution in [0.1, 0.15) is 31.7 Å². The van der Waals surface area contributed by atoms with Crippen LogP contribution in [0.4, 0.5) is 0 Å². The monoisotopic (exact) mass is 234 g/mol. The second-order valence-corrected chi connectivity index (χ2v) is 5.46. The molecule has 16 heavy (non-hydrogen) atoms. The van der Waals surface area contributed by atoms with Crippen LogP contribution in [0.25, 0.3) is 5.57 Å². The van der Waals surface area contributed by atoms with Crippen molar-refractivity contribution < 1.29 is 4.74 Å². The maximum Gasteiger partial charge on any atom is 0.127 e. The molecule has 0 amide bonds. The van der Waals surface area contributed by atoms with Gasteiger partial charge in [0.1, 0.15) is 11.4 Å². The average Bonchev–Trinajstić information content (AvgIpc) is 2.62. The molecule has 1 heterocycles. The van der Waals surface area contributed by atoms with Gasteiger partial charge in [-0.15, -0.1) is 0 Å². The smallest absolute Gasteiger partial charge is 0.127 e. The standard InChI is InChI=1S/C14H15ClO/c1-9-11-8-10(15)5-6-13(11)16-14(2)7-3-4-12(9)14/h5-6,8,12H,1,3-4,7H2,2H3/t12-,14-/m0/s1. The van der Waals surface area contributed by atoms with E-state index in [9.17, 15) is 0 Å². The van der Waals surface area contributed by atoms with Gasteiger partial charge < -0.3 is 4.74 Å². The fraction of sp³-hybridized carbons (Fsp3) is 0.429. The second-order valence-electron chi connectivity index (χ2n) is 5.03. The fourth-order valence-electron chi connectivity index (χ4n) is 3.08. The molecule has 2 heteroatoms. The molecule has 1 aromatic rings. The number of halogens is 1. The topological polar surface area (TPSA) is 9.23 Å². The van der Waals surface area contributed by atoms with Gasteiger partial charge in [0.15, 0.2) is 0 Å². The third-order valence-electron chi connectivity index (χ3n) is 3.95. The summed E-state index contributed by atoms with van der Waals surface area (Å²) in [6, 6.07) is 5.81. The summed E-state index contributed by atoms with van der Waals surface area (Å²) in [5.41, 5.74) is 2.25. The Labute approximate surface area is 101 Å². The second kappa shape index (κ2) is 3.27. The average molecular weight is 235 g/mol. The van der Waals surface area contributed by atoms with Gasteiger partial charge in [-0.05, 0) is 50.0 Å². The molecule has 2 atom stereocenters. The number of hydrogen-bond donors (Lipinski definition) is 0. The third kappa shape index (κ3) is 1.31. The van der Waals surface area contributed by atoms with E-state index in [1.165, 1.54) is 18.4 Å². The van der Waals surface area contributed by atoms with Gasteiger partial charge in [0, 0.05) is 16.5 Å². The molecular weight excluding hydrogens is 220 g/mol. The molecule has 1 aliphatic carbocycles. The lowest BCUT2D eigenvalue weighted by atomic mass is 9.80. The highest BCUT2D eigenvalue weighted by atomic mass is 35.5. The molecule has 84 valence electrons. The summed E-state index contributed by atoms with van der Waals surface area (Å²) in [7, 11) is 0. The van der Waals surface area contributed by atoms with Crippen LogP contribution in [-0.4, -0.2) is 5.60 Å². The fourth-order valence-corrected chi connectivity index (χ4v) is 3.25. The maximum absolute atomic E-state index is 6.15. The first-order valence-corrected chi connectivity index (χ1v) is 6.16. The Hall–Kier alpha value is -0.950. The van der Waals surface area contributed by atoms with Gasteiger partial charge in [-0.2, -0.15) is 0 Å². The summed E-state index contributed by atoms with van der Waals surface area (Å²) >= 11 is 6.02. The Bertz CT molecular complexity index is 466. The lowest BCUT2D eigenvalue weighted by molar-refractivity contribution is 0.0622. The van der Waals surface area contributed by atoms with Crippen LogP contribution < -0.4 is 4.74 Å². The van der Waals surface area contributed by atoms with E-state index in [1.807, 2.05) is 18.2 Å². The number of rotatable bonds is 0. The van der Waals surface area contributed by atoms with E-state index in [1.54, 1.807) is 0 Å². The van der Waals surface area contributed by atoms with Crippen LogP contribution in [0.3, 0.4) is 0 Å². The first kappa shape index (κ1) is 10.2. The van der Waals surface area contributed by atoms with Gasteiger partial charge in [0.2, 0.25) is 0 Å². The summed E-state index contributed by atoms with van der Waals surface area (Å²) in [5, 5.41) is 0.755. The Morgan fingerprint density at radius 3 is 3.12 bits per heavy atom. The third-order valence-corrected chi connectivity index (χ3v) is 4.19. The predicted molar refractivity (Wildman–Crippen MR) is 66.9 cm³/mol. The molecule has 0 N–H and O–H groups in total. The number of ether oxygens (including phenoxy) is 1. The minimum atomic E-state index is -0.0437. The van der Waals surface area contributed by atoms with Gasteiger partial charge in [-0.1, -0.05) is 18.2 Å². The van der Waals surface area contributed by atoms with Gasteiger partial charge in [0.05, 0.1) is 0 Å². The van der Waals surface area contributed by atoms with Crippen LogP contribution in [0, 0.1) is 5.92 Å². The van der Waals surface area contributed by atoms with E-state index in [0.717, 1.165) is 22.8 Å². The SMILES string of the molecule is C=C1c2cc(Cl)ccc2O[C@@]2(C)CCC[C@@H]12. The summed E-state index contributed by atoms with van der Waals surface area (Å²) in [5.74, 6) is 1.40. The quantitative estimate of drug-likeness (QED) is 0.650. The Kier molecular flexibility index (Phi) is 2.09. The zero-order valence-corrected chi connectivity index (χ0v) is 10.2. The first-order valence-electron chi connectivity index (χ1n) is 5.78. The normalized spacial score (nSPS) is 31.9. The van der Waals surface area contributed by atoms with Crippen molar-refractivity contribution in [3.63, 3.8) is 0 Å². The van der Waals surface area contributed by atoms with Crippen molar-refractivity contribution >= 4 is 17.2 Å². The highest BCUT2D eigenvalue weighted by molar-refractivity contribution is 6.30. The summed E-state index contributed by atoms with van der Waals surface area (Å²) < 4.78 is 6.15. The highest BCUT2D eigenvalue weighted by Crippen LogP contribution is 2.51. The molecule has 0 unspecified atom stereocenters. The van der Waals surface area contributed by atoms with Crippen LogP contribution in [-0.2, 0) is 0 Å². The van der Waals surface area contributed by atoms with Crippen LogP contribution in [0.2, 0.25) is 5.02 Å². The Morgan fingerprint density at radius 1 is 1.50 bits per heavy atom. The van der Waals surface area contributed by atoms with Crippen molar-refractivity contribution in [2.24, 2.45) is 5.92 Å². The lowest BCUT2D eigenvalue weighted by Gasteiger charge is -2.39. The molecule has 1 aliphatic heterocycles. The van der Waals surface area contributed by atoms with Gasteiger partial charge in [0.25, 0.3) is 0 Å². The molecule has 1 aromatic carbocycles. The van der Waals surface area contributed by atoms with Crippen LogP contribution in [0.5, 0.6) is 5.75 Å². The van der Waals surface area contributed by atoms with Gasteiger partial charge >= 0.3 is 0 Å². The van der Waals surface area contributed by atoms with E-state index in [-0.39, 0.29) is 5.60 Å². The molecule has 0 saturated heterocycles. The van der Waals surface area contributed by atoms with E-state index < -0.39 is 0 Å². The van der Waals surface area contributed by atoms with Crippen LogP contribution >= 0.6 is 11.6 Å². The van der Waals surface area contributed by atoms with Crippen molar-refractivity contribution in [2.45, 2.75) is 31.8 Å². The zero-order valence-electron chi connectivity index (χ0n) is 9.42. The number of fused-ring (bicyclic) bond motifs is 2. The van der Waals surface area contributed by atoms with E-state index in [2.05, 4.69) is 13.5 Å². The molecule has 1 fully saturated rings. The first-order chi connectivity index (χ1) is 7.60. The predicted octanol–water partition coefficient (Wildman–Crippen LogP) is 4.30. The summed E-state index contributed by atoms with van der Waals surface area (Å²) in [6.07, 6.45) is 3.53. The summed E-state index contributed by atoms with van der Waals surface area (Å²) in [6.45, 7) is 6.45. The molecule has 0 radical (unpaired) electrons. The van der Waals surface area contributed by atoms with Crippen molar-refractivity contribution in [1.29, 1.82) is 0 Å². The number of hydrogen-bond acceptors (Lipinski definition) is 1. The lowest BCUT2D eigenvalue weighted by Crippen LogP contribution is -2.40. The van der Waals surface area contributed by atoms with Crippen LogP contribution in [0.15, 0.2) is 24.8 Å². The minimum Gasteiger partial charge on any atom is -0.486 e. The molecule has 0 spiro atoms.